The highest BCUT2D eigenvalue weighted by molar-refractivity contribution is 5.87. The van der Waals surface area contributed by atoms with E-state index in [-0.39, 0.29) is 0 Å². The second-order valence-electron chi connectivity index (χ2n) is 4.31. The predicted octanol–water partition coefficient (Wildman–Crippen LogP) is 4.54. The van der Waals surface area contributed by atoms with Gasteiger partial charge in [0.05, 0.1) is 0 Å². The number of unbranched alkanes of at least 4 members (excludes halogenated alkanes) is 4. The first-order valence-electron chi connectivity index (χ1n) is 6.63. The number of alkyl halides is 1. The van der Waals surface area contributed by atoms with Crippen molar-refractivity contribution in [3.05, 3.63) is 11.6 Å². The molecule has 100 valence electrons. The Kier molecular flexibility index (Phi) is 9.78. The first-order valence-corrected chi connectivity index (χ1v) is 6.63. The SMILES string of the molecule is CCC=C(C)C(=O)OC(F)CCCCCCC. The fraction of sp³-hybridized carbons (Fsp3) is 0.786. The third kappa shape index (κ3) is 8.90. The molecule has 1 unspecified atom stereocenters. The zero-order valence-electron chi connectivity index (χ0n) is 11.3. The smallest absolute Gasteiger partial charge is 0.335 e. The van der Waals surface area contributed by atoms with Crippen LogP contribution in [0.2, 0.25) is 0 Å². The third-order valence-electron chi connectivity index (χ3n) is 2.60. The Morgan fingerprint density at radius 2 is 1.88 bits per heavy atom. The molecule has 3 heteroatoms. The molecular weight excluding hydrogens is 219 g/mol. The highest BCUT2D eigenvalue weighted by atomic mass is 19.1. The van der Waals surface area contributed by atoms with Crippen LogP contribution in [0.15, 0.2) is 11.6 Å². The van der Waals surface area contributed by atoms with Crippen LogP contribution in [0.1, 0.15) is 65.7 Å². The van der Waals surface area contributed by atoms with Gasteiger partial charge in [0.2, 0.25) is 6.36 Å². The van der Waals surface area contributed by atoms with Crippen LogP contribution in [0.25, 0.3) is 0 Å². The standard InChI is InChI=1S/C14H25FO2/c1-4-6-7-8-9-11-13(15)17-14(16)12(3)10-5-2/h10,13H,4-9,11H2,1-3H3. The molecule has 2 nitrogen and oxygen atoms in total. The van der Waals surface area contributed by atoms with E-state index < -0.39 is 12.3 Å². The van der Waals surface area contributed by atoms with E-state index in [9.17, 15) is 9.18 Å². The van der Waals surface area contributed by atoms with Crippen LogP contribution in [-0.4, -0.2) is 12.3 Å². The van der Waals surface area contributed by atoms with Gasteiger partial charge in [0, 0.05) is 12.0 Å². The fourth-order valence-electron chi connectivity index (χ4n) is 1.57. The van der Waals surface area contributed by atoms with Gasteiger partial charge < -0.3 is 4.74 Å². The molecule has 1 atom stereocenters. The largest absolute Gasteiger partial charge is 0.428 e. The first kappa shape index (κ1) is 16.1. The molecule has 0 radical (unpaired) electrons. The zero-order chi connectivity index (χ0) is 13.1. The Bertz CT molecular complexity index is 236. The summed E-state index contributed by atoms with van der Waals surface area (Å²) in [5.41, 5.74) is 0.487. The summed E-state index contributed by atoms with van der Waals surface area (Å²) in [5, 5.41) is 0. The van der Waals surface area contributed by atoms with Gasteiger partial charge in [-0.05, 0) is 19.8 Å². The van der Waals surface area contributed by atoms with Crippen LogP contribution in [0, 0.1) is 0 Å². The fourth-order valence-corrected chi connectivity index (χ4v) is 1.57. The first-order chi connectivity index (χ1) is 8.11. The van der Waals surface area contributed by atoms with Crippen molar-refractivity contribution in [2.24, 2.45) is 0 Å². The number of ether oxygens (including phenoxy) is 1. The number of allylic oxidation sites excluding steroid dienone is 1. The molecule has 0 bridgehead atoms. The number of hydrogen-bond acceptors (Lipinski definition) is 2. The van der Waals surface area contributed by atoms with Crippen molar-refractivity contribution in [2.75, 3.05) is 0 Å². The quantitative estimate of drug-likeness (QED) is 0.338. The number of esters is 1. The Balaban J connectivity index is 3.67. The molecule has 0 aromatic carbocycles. The van der Waals surface area contributed by atoms with Crippen molar-refractivity contribution < 1.29 is 13.9 Å². The Morgan fingerprint density at radius 1 is 1.24 bits per heavy atom. The summed E-state index contributed by atoms with van der Waals surface area (Å²) in [6.07, 6.45) is 6.65. The lowest BCUT2D eigenvalue weighted by Gasteiger charge is -2.10. The minimum Gasteiger partial charge on any atom is -0.428 e. The molecule has 0 aromatic rings. The van der Waals surface area contributed by atoms with Crippen LogP contribution in [0.4, 0.5) is 4.39 Å². The van der Waals surface area contributed by atoms with E-state index in [0.29, 0.717) is 12.0 Å². The monoisotopic (exact) mass is 244 g/mol. The lowest BCUT2D eigenvalue weighted by molar-refractivity contribution is -0.153. The minimum atomic E-state index is -1.45. The normalized spacial score (nSPS) is 13.5. The molecule has 0 heterocycles. The predicted molar refractivity (Wildman–Crippen MR) is 68.4 cm³/mol. The van der Waals surface area contributed by atoms with Gasteiger partial charge in [0.1, 0.15) is 0 Å². The number of carbonyl (C=O) groups is 1. The van der Waals surface area contributed by atoms with E-state index >= 15 is 0 Å². The number of carbonyl (C=O) groups excluding carboxylic acids is 1. The van der Waals surface area contributed by atoms with Crippen LogP contribution in [0.5, 0.6) is 0 Å². The topological polar surface area (TPSA) is 26.3 Å². The minimum absolute atomic E-state index is 0.314. The Labute approximate surface area is 104 Å². The summed E-state index contributed by atoms with van der Waals surface area (Å²) in [6, 6.07) is 0. The summed E-state index contributed by atoms with van der Waals surface area (Å²) >= 11 is 0. The van der Waals surface area contributed by atoms with Crippen molar-refractivity contribution in [3.63, 3.8) is 0 Å². The molecule has 17 heavy (non-hydrogen) atoms. The van der Waals surface area contributed by atoms with Crippen molar-refractivity contribution in [1.82, 2.24) is 0 Å². The molecule has 0 amide bonds. The molecule has 0 saturated heterocycles. The van der Waals surface area contributed by atoms with Crippen LogP contribution in [0.3, 0.4) is 0 Å². The average Bonchev–Trinajstić information content (AvgIpc) is 2.29. The molecule has 0 aliphatic rings. The van der Waals surface area contributed by atoms with E-state index in [1.165, 1.54) is 12.8 Å². The number of halogens is 1. The van der Waals surface area contributed by atoms with E-state index in [2.05, 4.69) is 6.92 Å². The van der Waals surface area contributed by atoms with E-state index in [4.69, 9.17) is 4.74 Å². The van der Waals surface area contributed by atoms with Crippen LogP contribution in [-0.2, 0) is 9.53 Å². The van der Waals surface area contributed by atoms with Crippen LogP contribution < -0.4 is 0 Å². The molecule has 0 aliphatic carbocycles. The summed E-state index contributed by atoms with van der Waals surface area (Å²) in [5.74, 6) is -0.534. The second-order valence-corrected chi connectivity index (χ2v) is 4.31. The Morgan fingerprint density at radius 3 is 2.47 bits per heavy atom. The van der Waals surface area contributed by atoms with E-state index in [0.717, 1.165) is 25.7 Å². The maximum atomic E-state index is 13.3. The molecule has 0 spiro atoms. The second kappa shape index (κ2) is 10.3. The van der Waals surface area contributed by atoms with Crippen molar-refractivity contribution in [1.29, 1.82) is 0 Å². The van der Waals surface area contributed by atoms with E-state index in [1.54, 1.807) is 13.0 Å². The maximum absolute atomic E-state index is 13.3. The van der Waals surface area contributed by atoms with Gasteiger partial charge in [0.15, 0.2) is 0 Å². The van der Waals surface area contributed by atoms with Gasteiger partial charge in [-0.15, -0.1) is 0 Å². The highest BCUT2D eigenvalue weighted by Gasteiger charge is 2.13. The van der Waals surface area contributed by atoms with Gasteiger partial charge in [-0.3, -0.25) is 0 Å². The summed E-state index contributed by atoms with van der Waals surface area (Å²) in [6.45, 7) is 5.72. The van der Waals surface area contributed by atoms with Gasteiger partial charge in [-0.1, -0.05) is 45.6 Å². The van der Waals surface area contributed by atoms with E-state index in [1.807, 2.05) is 6.92 Å². The van der Waals surface area contributed by atoms with Crippen molar-refractivity contribution >= 4 is 5.97 Å². The molecule has 0 aromatic heterocycles. The van der Waals surface area contributed by atoms with Crippen molar-refractivity contribution in [2.45, 2.75) is 72.1 Å². The summed E-state index contributed by atoms with van der Waals surface area (Å²) in [7, 11) is 0. The van der Waals surface area contributed by atoms with Gasteiger partial charge in [0.25, 0.3) is 0 Å². The number of rotatable bonds is 9. The Hall–Kier alpha value is -0.860. The summed E-state index contributed by atoms with van der Waals surface area (Å²) in [4.78, 5) is 11.3. The van der Waals surface area contributed by atoms with Gasteiger partial charge in [-0.2, -0.15) is 0 Å². The van der Waals surface area contributed by atoms with Crippen molar-refractivity contribution in [3.8, 4) is 0 Å². The third-order valence-corrected chi connectivity index (χ3v) is 2.60. The zero-order valence-corrected chi connectivity index (χ0v) is 11.3. The molecule has 0 rings (SSSR count). The lowest BCUT2D eigenvalue weighted by atomic mass is 10.1. The number of hydrogen-bond donors (Lipinski definition) is 0. The lowest BCUT2D eigenvalue weighted by Crippen LogP contribution is -2.14. The van der Waals surface area contributed by atoms with Gasteiger partial charge in [-0.25, -0.2) is 9.18 Å². The molecular formula is C14H25FO2. The molecule has 0 N–H and O–H groups in total. The van der Waals surface area contributed by atoms with Crippen LogP contribution >= 0.6 is 0 Å². The summed E-state index contributed by atoms with van der Waals surface area (Å²) < 4.78 is 18.0. The average molecular weight is 244 g/mol. The highest BCUT2D eigenvalue weighted by Crippen LogP contribution is 2.12. The molecule has 0 fully saturated rings. The van der Waals surface area contributed by atoms with Gasteiger partial charge >= 0.3 is 5.97 Å². The maximum Gasteiger partial charge on any atom is 0.335 e. The molecule has 0 aliphatic heterocycles. The molecule has 0 saturated carbocycles.